The van der Waals surface area contributed by atoms with Gasteiger partial charge in [-0.05, 0) is 43.2 Å². The highest BCUT2D eigenvalue weighted by atomic mass is 32.2. The lowest BCUT2D eigenvalue weighted by molar-refractivity contribution is -0.117. The number of carbonyl (C=O) groups is 2. The summed E-state index contributed by atoms with van der Waals surface area (Å²) in [6.07, 6.45) is 2.35. The minimum Gasteiger partial charge on any atom is -0.495 e. The van der Waals surface area contributed by atoms with Crippen LogP contribution in [-0.2, 0) is 19.6 Å². The van der Waals surface area contributed by atoms with E-state index in [4.69, 9.17) is 4.74 Å². The molecule has 2 aromatic rings. The Hall–Kier alpha value is -3.07. The molecule has 3 rings (SSSR count). The molecule has 1 saturated heterocycles. The molecular formula is C21H25N3O5S. The van der Waals surface area contributed by atoms with E-state index in [1.54, 1.807) is 41.3 Å². The number of aryl methyl sites for hydroxylation is 1. The predicted molar refractivity (Wildman–Crippen MR) is 117 cm³/mol. The molecule has 0 bridgehead atoms. The van der Waals surface area contributed by atoms with Crippen molar-refractivity contribution in [3.05, 3.63) is 48.0 Å². The summed E-state index contributed by atoms with van der Waals surface area (Å²) >= 11 is 0. The fourth-order valence-corrected chi connectivity index (χ4v) is 4.29. The van der Waals surface area contributed by atoms with Crippen LogP contribution in [0, 0.1) is 6.92 Å². The van der Waals surface area contributed by atoms with Crippen molar-refractivity contribution >= 4 is 38.9 Å². The number of amides is 2. The number of para-hydroxylation sites is 2. The summed E-state index contributed by atoms with van der Waals surface area (Å²) in [7, 11) is -2.30. The second-order valence-corrected chi connectivity index (χ2v) is 9.05. The second kappa shape index (κ2) is 8.74. The Balaban J connectivity index is 1.82. The molecule has 160 valence electrons. The highest BCUT2D eigenvalue weighted by Gasteiger charge is 2.25. The van der Waals surface area contributed by atoms with Gasteiger partial charge in [0.2, 0.25) is 21.8 Å². The zero-order valence-electron chi connectivity index (χ0n) is 17.2. The van der Waals surface area contributed by atoms with Crippen LogP contribution >= 0.6 is 0 Å². The molecule has 1 aliphatic heterocycles. The van der Waals surface area contributed by atoms with Crippen molar-refractivity contribution in [3.8, 4) is 5.75 Å². The molecule has 1 fully saturated rings. The number of hydrogen-bond acceptors (Lipinski definition) is 5. The predicted octanol–water partition coefficient (Wildman–Crippen LogP) is 2.54. The minimum absolute atomic E-state index is 0.0565. The van der Waals surface area contributed by atoms with Crippen LogP contribution in [0.25, 0.3) is 0 Å². The maximum absolute atomic E-state index is 12.7. The Morgan fingerprint density at radius 1 is 1.23 bits per heavy atom. The second-order valence-electron chi connectivity index (χ2n) is 7.14. The lowest BCUT2D eigenvalue weighted by Gasteiger charge is -2.24. The van der Waals surface area contributed by atoms with Crippen molar-refractivity contribution in [1.29, 1.82) is 0 Å². The first-order valence-electron chi connectivity index (χ1n) is 9.52. The van der Waals surface area contributed by atoms with Gasteiger partial charge in [0.25, 0.3) is 0 Å². The molecule has 0 radical (unpaired) electrons. The number of benzene rings is 2. The summed E-state index contributed by atoms with van der Waals surface area (Å²) in [5.41, 5.74) is 2.45. The van der Waals surface area contributed by atoms with Gasteiger partial charge in [0.05, 0.1) is 19.1 Å². The Labute approximate surface area is 176 Å². The summed E-state index contributed by atoms with van der Waals surface area (Å²) in [5, 5.41) is 2.73. The van der Waals surface area contributed by atoms with Crippen LogP contribution in [0.3, 0.4) is 0 Å². The molecular weight excluding hydrogens is 406 g/mol. The summed E-state index contributed by atoms with van der Waals surface area (Å²) in [6.45, 7) is 2.14. The van der Waals surface area contributed by atoms with Gasteiger partial charge in [-0.25, -0.2) is 8.42 Å². The molecule has 2 amide bonds. The maximum atomic E-state index is 12.7. The topological polar surface area (TPSA) is 96.0 Å². The smallest absolute Gasteiger partial charge is 0.245 e. The van der Waals surface area contributed by atoms with Crippen LogP contribution in [0.5, 0.6) is 5.75 Å². The maximum Gasteiger partial charge on any atom is 0.245 e. The molecule has 30 heavy (non-hydrogen) atoms. The van der Waals surface area contributed by atoms with E-state index in [1.165, 1.54) is 7.11 Å². The number of sulfonamides is 1. The Kier molecular flexibility index (Phi) is 6.31. The van der Waals surface area contributed by atoms with Crippen LogP contribution in [0.4, 0.5) is 17.1 Å². The van der Waals surface area contributed by atoms with Gasteiger partial charge < -0.3 is 15.0 Å². The fraction of sp³-hybridized carbons (Fsp3) is 0.333. The van der Waals surface area contributed by atoms with Crippen molar-refractivity contribution in [2.24, 2.45) is 0 Å². The van der Waals surface area contributed by atoms with E-state index in [1.807, 2.05) is 13.0 Å². The van der Waals surface area contributed by atoms with E-state index in [9.17, 15) is 18.0 Å². The number of rotatable bonds is 7. The molecule has 2 aromatic carbocycles. The van der Waals surface area contributed by atoms with Crippen molar-refractivity contribution in [2.75, 3.05) is 41.0 Å². The number of carbonyl (C=O) groups excluding carboxylic acids is 2. The molecule has 0 spiro atoms. The van der Waals surface area contributed by atoms with Crippen molar-refractivity contribution < 1.29 is 22.7 Å². The van der Waals surface area contributed by atoms with Crippen LogP contribution in [0.1, 0.15) is 18.4 Å². The average Bonchev–Trinajstić information content (AvgIpc) is 3.12. The standard InChI is InChI=1S/C21H25N3O5S/c1-15-10-11-16(13-18(15)23-12-6-9-21(23)26)22-20(25)14-24(30(3,27)28)17-7-4-5-8-19(17)29-2/h4-5,7-8,10-11,13H,6,9,12,14H2,1-3H3,(H,22,25). The van der Waals surface area contributed by atoms with Crippen LogP contribution in [0.15, 0.2) is 42.5 Å². The van der Waals surface area contributed by atoms with Gasteiger partial charge in [-0.2, -0.15) is 0 Å². The lowest BCUT2D eigenvalue weighted by atomic mass is 10.1. The molecule has 9 heteroatoms. The van der Waals surface area contributed by atoms with Gasteiger partial charge in [0.15, 0.2) is 0 Å². The first kappa shape index (κ1) is 21.6. The van der Waals surface area contributed by atoms with Crippen molar-refractivity contribution in [1.82, 2.24) is 0 Å². The normalized spacial score (nSPS) is 14.0. The Bertz CT molecular complexity index is 1070. The zero-order chi connectivity index (χ0) is 21.9. The highest BCUT2D eigenvalue weighted by molar-refractivity contribution is 7.92. The molecule has 0 aliphatic carbocycles. The number of hydrogen-bond donors (Lipinski definition) is 1. The van der Waals surface area contributed by atoms with E-state index >= 15 is 0 Å². The van der Waals surface area contributed by atoms with Gasteiger partial charge in [0.1, 0.15) is 12.3 Å². The third-order valence-electron chi connectivity index (χ3n) is 4.90. The summed E-state index contributed by atoms with van der Waals surface area (Å²) < 4.78 is 30.9. The molecule has 1 N–H and O–H groups in total. The summed E-state index contributed by atoms with van der Waals surface area (Å²) in [6, 6.07) is 11.9. The quantitative estimate of drug-likeness (QED) is 0.727. The van der Waals surface area contributed by atoms with Crippen molar-refractivity contribution in [2.45, 2.75) is 19.8 Å². The zero-order valence-corrected chi connectivity index (χ0v) is 18.0. The Morgan fingerprint density at radius 2 is 1.97 bits per heavy atom. The van der Waals surface area contributed by atoms with Gasteiger partial charge in [-0.3, -0.25) is 13.9 Å². The molecule has 0 unspecified atom stereocenters. The first-order chi connectivity index (χ1) is 14.2. The Morgan fingerprint density at radius 3 is 2.60 bits per heavy atom. The monoisotopic (exact) mass is 431 g/mol. The van der Waals surface area contributed by atoms with E-state index in [2.05, 4.69) is 5.32 Å². The third-order valence-corrected chi connectivity index (χ3v) is 6.02. The summed E-state index contributed by atoms with van der Waals surface area (Å²) in [4.78, 5) is 26.5. The molecule has 0 atom stereocenters. The molecule has 8 nitrogen and oxygen atoms in total. The molecule has 1 aliphatic rings. The SMILES string of the molecule is COc1ccccc1N(CC(=O)Nc1ccc(C)c(N2CCCC2=O)c1)S(C)(=O)=O. The average molecular weight is 432 g/mol. The van der Waals surface area contributed by atoms with Gasteiger partial charge in [0, 0.05) is 24.3 Å². The molecule has 1 heterocycles. The van der Waals surface area contributed by atoms with Gasteiger partial charge in [-0.1, -0.05) is 18.2 Å². The lowest BCUT2D eigenvalue weighted by Crippen LogP contribution is -2.37. The van der Waals surface area contributed by atoms with E-state index in [0.29, 0.717) is 24.4 Å². The van der Waals surface area contributed by atoms with Gasteiger partial charge >= 0.3 is 0 Å². The van der Waals surface area contributed by atoms with Gasteiger partial charge in [-0.15, -0.1) is 0 Å². The third kappa shape index (κ3) is 4.73. The minimum atomic E-state index is -3.73. The van der Waals surface area contributed by atoms with E-state index in [-0.39, 0.29) is 11.6 Å². The number of methoxy groups -OCH3 is 1. The van der Waals surface area contributed by atoms with Crippen LogP contribution in [0.2, 0.25) is 0 Å². The largest absolute Gasteiger partial charge is 0.495 e. The van der Waals surface area contributed by atoms with Crippen molar-refractivity contribution in [3.63, 3.8) is 0 Å². The van der Waals surface area contributed by atoms with Crippen LogP contribution in [-0.4, -0.2) is 46.7 Å². The van der Waals surface area contributed by atoms with E-state index in [0.717, 1.165) is 28.2 Å². The first-order valence-corrected chi connectivity index (χ1v) is 11.4. The molecule has 0 aromatic heterocycles. The number of anilines is 3. The van der Waals surface area contributed by atoms with Crippen LogP contribution < -0.4 is 19.3 Å². The fourth-order valence-electron chi connectivity index (χ4n) is 3.43. The summed E-state index contributed by atoms with van der Waals surface area (Å²) in [5.74, 6) is -0.101. The number of ether oxygens (including phenoxy) is 1. The number of nitrogens with zero attached hydrogens (tertiary/aromatic N) is 2. The number of nitrogens with one attached hydrogen (secondary N) is 1. The highest BCUT2D eigenvalue weighted by Crippen LogP contribution is 2.30. The molecule has 0 saturated carbocycles. The van der Waals surface area contributed by atoms with E-state index < -0.39 is 22.5 Å².